The summed E-state index contributed by atoms with van der Waals surface area (Å²) in [6.07, 6.45) is 37.6. The van der Waals surface area contributed by atoms with Gasteiger partial charge >= 0.3 is 0 Å². The number of nitrogens with zero attached hydrogens (tertiary/aromatic N) is 2. The summed E-state index contributed by atoms with van der Waals surface area (Å²) >= 11 is 0. The van der Waals surface area contributed by atoms with Crippen LogP contribution in [-0.2, 0) is 0 Å². The van der Waals surface area contributed by atoms with Crippen LogP contribution in [0.3, 0.4) is 0 Å². The van der Waals surface area contributed by atoms with Gasteiger partial charge in [0.2, 0.25) is 0 Å². The molecule has 0 amide bonds. The topological polar surface area (TPSA) is 6.48 Å². The molecule has 0 N–H and O–H groups in total. The maximum absolute atomic E-state index is 2.80. The molecule has 0 spiro atoms. The Bertz CT molecular complexity index is 2060. The lowest BCUT2D eigenvalue weighted by Crippen LogP contribution is -2.40. The van der Waals surface area contributed by atoms with Gasteiger partial charge in [-0.3, -0.25) is 0 Å². The van der Waals surface area contributed by atoms with Gasteiger partial charge in [0.15, 0.2) is 0 Å². The Morgan fingerprint density at radius 2 is 1.36 bits per heavy atom. The second kappa shape index (κ2) is 13.5. The van der Waals surface area contributed by atoms with Crippen molar-refractivity contribution in [1.29, 1.82) is 0 Å². The van der Waals surface area contributed by atoms with Crippen molar-refractivity contribution >= 4 is 11.1 Å². The lowest BCUT2D eigenvalue weighted by Gasteiger charge is -2.41. The molecule has 1 saturated heterocycles. The van der Waals surface area contributed by atoms with E-state index in [0.717, 1.165) is 38.5 Å². The van der Waals surface area contributed by atoms with Gasteiger partial charge in [-0.1, -0.05) is 146 Å². The van der Waals surface area contributed by atoms with Crippen LogP contribution in [0.4, 0.5) is 0 Å². The quantitative estimate of drug-likeness (QED) is 0.252. The Kier molecular flexibility index (Phi) is 8.30. The lowest BCUT2D eigenvalue weighted by molar-refractivity contribution is 0.243. The van der Waals surface area contributed by atoms with E-state index in [1.165, 1.54) is 56.1 Å². The largest absolute Gasteiger partial charge is 0.360 e. The summed E-state index contributed by atoms with van der Waals surface area (Å²) in [4.78, 5) is 5.46. The molecular weight excluding hydrogens is 605 g/mol. The van der Waals surface area contributed by atoms with E-state index >= 15 is 0 Å². The standard InChI is InChI=1S/C48H44N2/c1-5-13-35(14-6-1)38-21-26-42(27-22-38)49(43-28-23-39(24-29-43)36-15-7-2-8-16-36)44-30-31-45-46-33-40(37-17-9-3-10-18-37)25-32-47(46)50(48(45)34-44)41-19-11-4-12-20-41/h1-11,13-19,21-23,25-26,28-31,33,39,42,47-48H,12,20,24,27,32,34H2. The predicted octanol–water partition coefficient (Wildman–Crippen LogP) is 11.2. The van der Waals surface area contributed by atoms with Crippen LogP contribution in [0.25, 0.3) is 11.1 Å². The Balaban J connectivity index is 1.08. The van der Waals surface area contributed by atoms with E-state index in [1.54, 1.807) is 0 Å². The maximum atomic E-state index is 2.80. The van der Waals surface area contributed by atoms with Crippen molar-refractivity contribution in [2.45, 2.75) is 62.6 Å². The van der Waals surface area contributed by atoms with Gasteiger partial charge in [0, 0.05) is 29.4 Å². The number of benzene rings is 3. The fourth-order valence-electron chi connectivity index (χ4n) is 8.82. The van der Waals surface area contributed by atoms with E-state index in [9.17, 15) is 0 Å². The molecule has 0 saturated carbocycles. The highest BCUT2D eigenvalue weighted by Gasteiger charge is 2.44. The Labute approximate surface area is 297 Å². The lowest BCUT2D eigenvalue weighted by atomic mass is 9.86. The molecule has 1 heterocycles. The van der Waals surface area contributed by atoms with Gasteiger partial charge in [0.25, 0.3) is 0 Å². The third-order valence-electron chi connectivity index (χ3n) is 11.3. The molecule has 4 atom stereocenters. The third kappa shape index (κ3) is 5.83. The first-order chi connectivity index (χ1) is 24.8. The average molecular weight is 649 g/mol. The van der Waals surface area contributed by atoms with Crippen molar-refractivity contribution in [2.75, 3.05) is 0 Å². The van der Waals surface area contributed by atoms with Gasteiger partial charge in [-0.05, 0) is 95.4 Å². The molecule has 246 valence electrons. The highest BCUT2D eigenvalue weighted by Crippen LogP contribution is 2.48. The molecule has 9 rings (SSSR count). The molecule has 3 aromatic carbocycles. The van der Waals surface area contributed by atoms with E-state index in [2.05, 4.69) is 180 Å². The molecular formula is C48H44N2. The molecule has 3 aromatic rings. The monoisotopic (exact) mass is 648 g/mol. The second-order valence-corrected chi connectivity index (χ2v) is 14.2. The first-order valence-electron chi connectivity index (χ1n) is 18.5. The first kappa shape index (κ1) is 30.7. The van der Waals surface area contributed by atoms with E-state index in [0.29, 0.717) is 18.0 Å². The van der Waals surface area contributed by atoms with Crippen molar-refractivity contribution in [2.24, 2.45) is 0 Å². The summed E-state index contributed by atoms with van der Waals surface area (Å²) in [5.41, 5.74) is 13.9. The first-order valence-corrected chi connectivity index (χ1v) is 18.5. The molecule has 4 unspecified atom stereocenters. The van der Waals surface area contributed by atoms with Crippen LogP contribution in [0.1, 0.15) is 61.1 Å². The summed E-state index contributed by atoms with van der Waals surface area (Å²) in [6, 6.07) is 33.6. The molecule has 5 aliphatic carbocycles. The minimum absolute atomic E-state index is 0.257. The van der Waals surface area contributed by atoms with Gasteiger partial charge in [-0.2, -0.15) is 0 Å². The average Bonchev–Trinajstić information content (AvgIpc) is 3.53. The minimum Gasteiger partial charge on any atom is -0.360 e. The van der Waals surface area contributed by atoms with Crippen molar-refractivity contribution in [3.63, 3.8) is 0 Å². The summed E-state index contributed by atoms with van der Waals surface area (Å²) < 4.78 is 0. The van der Waals surface area contributed by atoms with E-state index in [1.807, 2.05) is 0 Å². The Hall–Kier alpha value is -5.34. The van der Waals surface area contributed by atoms with Crippen LogP contribution >= 0.6 is 0 Å². The zero-order chi connectivity index (χ0) is 33.3. The molecule has 0 aromatic heterocycles. The normalized spacial score (nSPS) is 25.3. The number of hydrogen-bond acceptors (Lipinski definition) is 2. The zero-order valence-corrected chi connectivity index (χ0v) is 28.6. The smallest absolute Gasteiger partial charge is 0.0604 e. The summed E-state index contributed by atoms with van der Waals surface area (Å²) in [5.74, 6) is 0.415. The fraction of sp³-hybridized carbons (Fsp3) is 0.208. The number of likely N-dealkylation sites (tertiary alicyclic amines) is 1. The number of allylic oxidation sites excluding steroid dienone is 13. The van der Waals surface area contributed by atoms with Gasteiger partial charge in [0.1, 0.15) is 0 Å². The third-order valence-corrected chi connectivity index (χ3v) is 11.3. The number of rotatable bonds is 7. The van der Waals surface area contributed by atoms with Crippen molar-refractivity contribution < 1.29 is 0 Å². The van der Waals surface area contributed by atoms with Crippen LogP contribution in [0, 0.1) is 0 Å². The predicted molar refractivity (Wildman–Crippen MR) is 209 cm³/mol. The molecule has 50 heavy (non-hydrogen) atoms. The molecule has 0 radical (unpaired) electrons. The van der Waals surface area contributed by atoms with Crippen LogP contribution in [0.15, 0.2) is 198 Å². The van der Waals surface area contributed by atoms with Crippen molar-refractivity contribution in [3.8, 4) is 0 Å². The van der Waals surface area contributed by atoms with Gasteiger partial charge in [-0.25, -0.2) is 0 Å². The van der Waals surface area contributed by atoms with Crippen LogP contribution in [0.2, 0.25) is 0 Å². The van der Waals surface area contributed by atoms with Gasteiger partial charge < -0.3 is 9.80 Å². The molecule has 6 aliphatic rings. The molecule has 2 nitrogen and oxygen atoms in total. The zero-order valence-electron chi connectivity index (χ0n) is 28.6. The molecule has 1 fully saturated rings. The van der Waals surface area contributed by atoms with Gasteiger partial charge in [-0.15, -0.1) is 0 Å². The van der Waals surface area contributed by atoms with Crippen LogP contribution in [0.5, 0.6) is 0 Å². The maximum Gasteiger partial charge on any atom is 0.0604 e. The Morgan fingerprint density at radius 3 is 2.04 bits per heavy atom. The molecule has 1 aliphatic heterocycles. The van der Waals surface area contributed by atoms with Gasteiger partial charge in [0.05, 0.1) is 18.1 Å². The van der Waals surface area contributed by atoms with E-state index in [4.69, 9.17) is 0 Å². The fourth-order valence-corrected chi connectivity index (χ4v) is 8.82. The van der Waals surface area contributed by atoms with Crippen LogP contribution in [-0.4, -0.2) is 27.9 Å². The SMILES string of the molecule is C1=CCCC(N2C3CC=C(c4ccccc4)C=C3C3=CC=C(N(C4=CCC(c5ccccc5)C=C4)C4C=CC(c5ccccc5)=CC4)CC32)=C1. The van der Waals surface area contributed by atoms with Crippen molar-refractivity contribution in [3.05, 3.63) is 215 Å². The number of hydrogen-bond donors (Lipinski definition) is 0. The van der Waals surface area contributed by atoms with Crippen LogP contribution < -0.4 is 0 Å². The van der Waals surface area contributed by atoms with E-state index in [-0.39, 0.29) is 6.04 Å². The van der Waals surface area contributed by atoms with E-state index < -0.39 is 0 Å². The summed E-state index contributed by atoms with van der Waals surface area (Å²) in [5, 5.41) is 0. The summed E-state index contributed by atoms with van der Waals surface area (Å²) in [7, 11) is 0. The minimum atomic E-state index is 0.257. The molecule has 0 bridgehead atoms. The molecule has 2 heteroatoms. The summed E-state index contributed by atoms with van der Waals surface area (Å²) in [6.45, 7) is 0. The number of fused-ring (bicyclic) bond motifs is 3. The highest BCUT2D eigenvalue weighted by molar-refractivity contribution is 5.79. The van der Waals surface area contributed by atoms with Crippen molar-refractivity contribution in [1.82, 2.24) is 9.80 Å². The highest BCUT2D eigenvalue weighted by atomic mass is 15.2. The Morgan fingerprint density at radius 1 is 0.620 bits per heavy atom. The second-order valence-electron chi connectivity index (χ2n) is 14.2.